The molecule has 1 heterocycles. The zero-order valence-corrected chi connectivity index (χ0v) is 11.3. The minimum Gasteiger partial charge on any atom is -0.467 e. The van der Waals surface area contributed by atoms with Crippen LogP contribution in [0.3, 0.4) is 0 Å². The van der Waals surface area contributed by atoms with E-state index in [4.69, 9.17) is 9.15 Å². The van der Waals surface area contributed by atoms with Gasteiger partial charge in [0.2, 0.25) is 0 Å². The fraction of sp³-hybridized carbons (Fsp3) is 0.333. The molecule has 4 nitrogen and oxygen atoms in total. The fourth-order valence-corrected chi connectivity index (χ4v) is 1.75. The molecule has 0 aliphatic rings. The van der Waals surface area contributed by atoms with Crippen LogP contribution < -0.4 is 5.32 Å². The number of hydrogen-bond donors (Lipinski definition) is 2. The summed E-state index contributed by atoms with van der Waals surface area (Å²) in [6.45, 7) is 2.57. The monoisotopic (exact) mass is 279 g/mol. The van der Waals surface area contributed by atoms with Crippen molar-refractivity contribution in [3.8, 4) is 0 Å². The van der Waals surface area contributed by atoms with Gasteiger partial charge in [-0.3, -0.25) is 0 Å². The molecule has 0 saturated carbocycles. The third kappa shape index (κ3) is 4.36. The first-order valence-corrected chi connectivity index (χ1v) is 6.43. The van der Waals surface area contributed by atoms with Crippen LogP contribution in [-0.4, -0.2) is 24.4 Å². The minimum atomic E-state index is -0.718. The lowest BCUT2D eigenvalue weighted by molar-refractivity contribution is 0.0282. The van der Waals surface area contributed by atoms with Crippen molar-refractivity contribution in [2.24, 2.45) is 0 Å². The summed E-state index contributed by atoms with van der Waals surface area (Å²) in [5, 5.41) is 12.6. The van der Waals surface area contributed by atoms with Gasteiger partial charge in [-0.05, 0) is 36.8 Å². The Morgan fingerprint density at radius 2 is 2.25 bits per heavy atom. The van der Waals surface area contributed by atoms with Crippen molar-refractivity contribution in [2.45, 2.75) is 19.6 Å². The molecule has 2 aromatic rings. The molecule has 0 aliphatic heterocycles. The van der Waals surface area contributed by atoms with E-state index in [1.54, 1.807) is 30.5 Å². The average Bonchev–Trinajstić information content (AvgIpc) is 2.93. The van der Waals surface area contributed by atoms with Crippen molar-refractivity contribution in [2.75, 3.05) is 18.5 Å². The van der Waals surface area contributed by atoms with Crippen molar-refractivity contribution in [1.82, 2.24) is 0 Å². The lowest BCUT2D eigenvalue weighted by Crippen LogP contribution is -2.25. The standard InChI is InChI=1S/C15H18FNO3/c1-11-4-5-14(16)15(7-11)17-8-12(18)9-19-10-13-3-2-6-20-13/h2-7,12,17-18H,8-10H2,1H3. The Bertz CT molecular complexity index is 528. The summed E-state index contributed by atoms with van der Waals surface area (Å²) in [5.74, 6) is 0.370. The minimum absolute atomic E-state index is 0.154. The van der Waals surface area contributed by atoms with Crippen LogP contribution in [0.1, 0.15) is 11.3 Å². The predicted octanol–water partition coefficient (Wildman–Crippen LogP) is 2.72. The van der Waals surface area contributed by atoms with Gasteiger partial charge in [-0.25, -0.2) is 4.39 Å². The Kier molecular flexibility index (Phi) is 5.15. The number of ether oxygens (including phenoxy) is 1. The van der Waals surface area contributed by atoms with Gasteiger partial charge in [0.1, 0.15) is 18.2 Å². The second kappa shape index (κ2) is 7.07. The molecule has 0 bridgehead atoms. The topological polar surface area (TPSA) is 54.6 Å². The van der Waals surface area contributed by atoms with E-state index in [-0.39, 0.29) is 19.0 Å². The first-order chi connectivity index (χ1) is 9.65. The number of nitrogens with one attached hydrogen (secondary N) is 1. The zero-order valence-electron chi connectivity index (χ0n) is 11.3. The molecule has 1 unspecified atom stereocenters. The van der Waals surface area contributed by atoms with Gasteiger partial charge in [-0.15, -0.1) is 0 Å². The Morgan fingerprint density at radius 3 is 3.00 bits per heavy atom. The lowest BCUT2D eigenvalue weighted by Gasteiger charge is -2.13. The highest BCUT2D eigenvalue weighted by atomic mass is 19.1. The molecular weight excluding hydrogens is 261 g/mol. The fourth-order valence-electron chi connectivity index (χ4n) is 1.75. The quantitative estimate of drug-likeness (QED) is 0.818. The van der Waals surface area contributed by atoms with Crippen LogP contribution in [0.2, 0.25) is 0 Å². The van der Waals surface area contributed by atoms with E-state index in [0.29, 0.717) is 18.1 Å². The molecule has 0 saturated heterocycles. The first-order valence-electron chi connectivity index (χ1n) is 6.43. The molecule has 5 heteroatoms. The number of aliphatic hydroxyl groups is 1. The predicted molar refractivity (Wildman–Crippen MR) is 74.0 cm³/mol. The Morgan fingerprint density at radius 1 is 1.40 bits per heavy atom. The summed E-state index contributed by atoms with van der Waals surface area (Å²) in [5.41, 5.74) is 1.34. The summed E-state index contributed by atoms with van der Waals surface area (Å²) < 4.78 is 23.9. The maximum Gasteiger partial charge on any atom is 0.146 e. The van der Waals surface area contributed by atoms with E-state index in [2.05, 4.69) is 5.32 Å². The Labute approximate surface area is 117 Å². The highest BCUT2D eigenvalue weighted by molar-refractivity contribution is 5.47. The number of furan rings is 1. The van der Waals surface area contributed by atoms with Crippen LogP contribution in [-0.2, 0) is 11.3 Å². The number of anilines is 1. The molecule has 2 N–H and O–H groups in total. The van der Waals surface area contributed by atoms with Crippen molar-refractivity contribution in [3.05, 3.63) is 53.7 Å². The summed E-state index contributed by atoms with van der Waals surface area (Å²) in [6, 6.07) is 8.37. The van der Waals surface area contributed by atoms with Gasteiger partial charge >= 0.3 is 0 Å². The van der Waals surface area contributed by atoms with Crippen LogP contribution >= 0.6 is 0 Å². The molecule has 0 amide bonds. The Hall–Kier alpha value is -1.85. The molecular formula is C15H18FNO3. The van der Waals surface area contributed by atoms with Gasteiger partial charge in [0.15, 0.2) is 0 Å². The summed E-state index contributed by atoms with van der Waals surface area (Å²) in [4.78, 5) is 0. The number of benzene rings is 1. The SMILES string of the molecule is Cc1ccc(F)c(NCC(O)COCc2ccco2)c1. The number of rotatable bonds is 7. The van der Waals surface area contributed by atoms with Crippen molar-refractivity contribution >= 4 is 5.69 Å². The second-order valence-corrected chi connectivity index (χ2v) is 4.61. The summed E-state index contributed by atoms with van der Waals surface area (Å²) >= 11 is 0. The maximum absolute atomic E-state index is 13.5. The van der Waals surface area contributed by atoms with E-state index < -0.39 is 6.10 Å². The molecule has 1 aromatic heterocycles. The number of aliphatic hydroxyl groups excluding tert-OH is 1. The molecule has 1 atom stereocenters. The summed E-state index contributed by atoms with van der Waals surface area (Å²) in [6.07, 6.45) is 0.849. The molecule has 0 aliphatic carbocycles. The van der Waals surface area contributed by atoms with Crippen molar-refractivity contribution < 1.29 is 18.7 Å². The molecule has 2 rings (SSSR count). The van der Waals surface area contributed by atoms with E-state index in [0.717, 1.165) is 5.56 Å². The third-order valence-electron chi connectivity index (χ3n) is 2.78. The number of hydrogen-bond acceptors (Lipinski definition) is 4. The maximum atomic E-state index is 13.5. The van der Waals surface area contributed by atoms with Crippen LogP contribution in [0.4, 0.5) is 10.1 Å². The number of aryl methyl sites for hydroxylation is 1. The normalized spacial score (nSPS) is 12.3. The number of halogens is 1. The van der Waals surface area contributed by atoms with Gasteiger partial charge in [0.25, 0.3) is 0 Å². The molecule has 0 radical (unpaired) electrons. The molecule has 20 heavy (non-hydrogen) atoms. The van der Waals surface area contributed by atoms with Gasteiger partial charge in [-0.2, -0.15) is 0 Å². The zero-order chi connectivity index (χ0) is 14.4. The van der Waals surface area contributed by atoms with Gasteiger partial charge in [0, 0.05) is 6.54 Å². The van der Waals surface area contributed by atoms with Crippen LogP contribution in [0.25, 0.3) is 0 Å². The Balaban J connectivity index is 1.71. The van der Waals surface area contributed by atoms with Crippen LogP contribution in [0.5, 0.6) is 0 Å². The second-order valence-electron chi connectivity index (χ2n) is 4.61. The largest absolute Gasteiger partial charge is 0.467 e. The van der Waals surface area contributed by atoms with Crippen LogP contribution in [0.15, 0.2) is 41.0 Å². The lowest BCUT2D eigenvalue weighted by atomic mass is 10.2. The van der Waals surface area contributed by atoms with E-state index in [9.17, 15) is 9.50 Å². The third-order valence-corrected chi connectivity index (χ3v) is 2.78. The van der Waals surface area contributed by atoms with E-state index in [1.807, 2.05) is 6.92 Å². The highest BCUT2D eigenvalue weighted by Crippen LogP contribution is 2.15. The first kappa shape index (κ1) is 14.6. The molecule has 0 spiro atoms. The average molecular weight is 279 g/mol. The smallest absolute Gasteiger partial charge is 0.146 e. The van der Waals surface area contributed by atoms with Crippen molar-refractivity contribution in [1.29, 1.82) is 0 Å². The summed E-state index contributed by atoms with van der Waals surface area (Å²) in [7, 11) is 0. The van der Waals surface area contributed by atoms with Gasteiger partial charge in [-0.1, -0.05) is 6.07 Å². The molecule has 0 fully saturated rings. The van der Waals surface area contributed by atoms with Crippen LogP contribution in [0, 0.1) is 12.7 Å². The van der Waals surface area contributed by atoms with E-state index in [1.165, 1.54) is 6.07 Å². The van der Waals surface area contributed by atoms with Gasteiger partial charge < -0.3 is 19.6 Å². The highest BCUT2D eigenvalue weighted by Gasteiger charge is 2.07. The molecule has 1 aromatic carbocycles. The molecule has 108 valence electrons. The van der Waals surface area contributed by atoms with Gasteiger partial charge in [0.05, 0.1) is 24.7 Å². The van der Waals surface area contributed by atoms with E-state index >= 15 is 0 Å². The van der Waals surface area contributed by atoms with Crippen molar-refractivity contribution in [3.63, 3.8) is 0 Å².